The van der Waals surface area contributed by atoms with Crippen LogP contribution >= 0.6 is 0 Å². The first-order valence-electron chi connectivity index (χ1n) is 8.60. The minimum atomic E-state index is -1.90. The van der Waals surface area contributed by atoms with Crippen molar-refractivity contribution in [1.29, 1.82) is 0 Å². The largest absolute Gasteiger partial charge is 1.00 e. The second-order valence-electron chi connectivity index (χ2n) is 6.99. The van der Waals surface area contributed by atoms with Gasteiger partial charge in [-0.2, -0.15) is 0 Å². The third kappa shape index (κ3) is 2.51. The van der Waals surface area contributed by atoms with Crippen LogP contribution < -0.4 is 0 Å². The van der Waals surface area contributed by atoms with Gasteiger partial charge >= 0.3 is 149 Å². The SMILES string of the molecule is CC1=[C]([Hf+2]([CH]2c3ccccc3-c3ccccc32)[SiH](C)C)CC=C1.[H-].[H-]. The molecule has 117 valence electrons. The van der Waals surface area contributed by atoms with Crippen molar-refractivity contribution in [2.75, 3.05) is 0 Å². The predicted octanol–water partition coefficient (Wildman–Crippen LogP) is 5.82. The normalized spacial score (nSPS) is 16.2. The minimum absolute atomic E-state index is 0. The molecule has 0 atom stereocenters. The maximum absolute atomic E-state index is 2.62. The van der Waals surface area contributed by atoms with Crippen LogP contribution in [0, 0.1) is 0 Å². The van der Waals surface area contributed by atoms with Crippen molar-refractivity contribution in [1.82, 2.24) is 0 Å². The van der Waals surface area contributed by atoms with E-state index in [4.69, 9.17) is 0 Å². The Bertz CT molecular complexity index is 781. The molecule has 2 aliphatic rings. The molecule has 2 aromatic carbocycles. The molecule has 4 rings (SSSR count). The summed E-state index contributed by atoms with van der Waals surface area (Å²) in [5.41, 5.74) is 7.91. The molecule has 0 heterocycles. The molecule has 0 spiro atoms. The molecule has 0 bridgehead atoms. The van der Waals surface area contributed by atoms with E-state index in [0.717, 1.165) is 3.67 Å². The van der Waals surface area contributed by atoms with Gasteiger partial charge in [-0.05, 0) is 0 Å². The number of fused-ring (bicyclic) bond motifs is 3. The monoisotopic (exact) mass is 485 g/mol. The number of benzene rings is 2. The Hall–Kier alpha value is -0.993. The molecular weight excluding hydrogens is 459 g/mol. The Labute approximate surface area is 151 Å². The summed E-state index contributed by atoms with van der Waals surface area (Å²) in [5.74, 6) is -0.633. The fourth-order valence-corrected chi connectivity index (χ4v) is 34.8. The molecule has 23 heavy (non-hydrogen) atoms. The van der Waals surface area contributed by atoms with Crippen LogP contribution in [0.5, 0.6) is 0 Å². The van der Waals surface area contributed by atoms with E-state index in [1.165, 1.54) is 17.5 Å². The molecule has 2 heteroatoms. The average Bonchev–Trinajstić information content (AvgIpc) is 3.11. The van der Waals surface area contributed by atoms with E-state index in [1.807, 2.05) is 3.33 Å². The molecule has 2 aromatic rings. The summed E-state index contributed by atoms with van der Waals surface area (Å²) in [5, 5.41) is 0. The van der Waals surface area contributed by atoms with Crippen LogP contribution in [0.3, 0.4) is 0 Å². The minimum Gasteiger partial charge on any atom is -1.00 e. The van der Waals surface area contributed by atoms with Crippen molar-refractivity contribution in [2.45, 2.75) is 30.1 Å². The third-order valence-corrected chi connectivity index (χ3v) is 34.6. The van der Waals surface area contributed by atoms with E-state index in [1.54, 1.807) is 16.7 Å². The van der Waals surface area contributed by atoms with E-state index >= 15 is 0 Å². The smallest absolute Gasteiger partial charge is 1.00 e. The second kappa shape index (κ2) is 6.14. The maximum atomic E-state index is 2.62. The topological polar surface area (TPSA) is 0 Å². The molecule has 0 saturated carbocycles. The quantitative estimate of drug-likeness (QED) is 0.483. The molecular formula is C21H25HfSi. The van der Waals surface area contributed by atoms with Gasteiger partial charge in [0.2, 0.25) is 0 Å². The van der Waals surface area contributed by atoms with Crippen LogP contribution in [-0.4, -0.2) is 5.98 Å². The van der Waals surface area contributed by atoms with Crippen molar-refractivity contribution in [2.24, 2.45) is 0 Å². The molecule has 0 radical (unpaired) electrons. The van der Waals surface area contributed by atoms with E-state index in [2.05, 4.69) is 80.7 Å². The number of allylic oxidation sites excluding steroid dienone is 4. The molecule has 0 aliphatic heterocycles. The van der Waals surface area contributed by atoms with Gasteiger partial charge in [-0.25, -0.2) is 0 Å². The predicted molar refractivity (Wildman–Crippen MR) is 101 cm³/mol. The Balaban J connectivity index is 0.00000113. The third-order valence-electron chi connectivity index (χ3n) is 5.28. The summed E-state index contributed by atoms with van der Waals surface area (Å²) < 4.78 is 2.68. The van der Waals surface area contributed by atoms with E-state index in [0.29, 0.717) is 0 Å². The summed E-state index contributed by atoms with van der Waals surface area (Å²) in [6.45, 7) is 7.58. The molecule has 2 aliphatic carbocycles. The average molecular weight is 484 g/mol. The number of rotatable bonds is 3. The van der Waals surface area contributed by atoms with Crippen molar-refractivity contribution >= 4 is 5.98 Å². The Kier molecular flexibility index (Phi) is 4.15. The van der Waals surface area contributed by atoms with Gasteiger partial charge < -0.3 is 2.85 Å². The number of hydrogen-bond acceptors (Lipinski definition) is 0. The zero-order chi connectivity index (χ0) is 16.0. The van der Waals surface area contributed by atoms with E-state index < -0.39 is 26.6 Å². The van der Waals surface area contributed by atoms with Crippen molar-refractivity contribution in [3.63, 3.8) is 0 Å². The van der Waals surface area contributed by atoms with Gasteiger partial charge in [0.15, 0.2) is 0 Å². The standard InChI is InChI=1S/C13H9.C6H7.C2H7Si.Hf.2H/c1-3-7-12-10(5-1)9-11-6-2-4-8-13(11)12;1-6-4-2-3-5-6;1-3-2;;;/h1-9H;2,4H,3H2,1H3;3H,1-2H3;;;/q;;;+2;2*-1. The van der Waals surface area contributed by atoms with E-state index in [-0.39, 0.29) is 2.85 Å². The van der Waals surface area contributed by atoms with Gasteiger partial charge in [0.1, 0.15) is 0 Å². The van der Waals surface area contributed by atoms with Crippen LogP contribution in [0.25, 0.3) is 11.1 Å². The maximum Gasteiger partial charge on any atom is -1.00 e. The summed E-state index contributed by atoms with van der Waals surface area (Å²) >= 11 is -1.90. The summed E-state index contributed by atoms with van der Waals surface area (Å²) in [7, 11) is 0. The van der Waals surface area contributed by atoms with Crippen LogP contribution in [0.4, 0.5) is 0 Å². The van der Waals surface area contributed by atoms with Gasteiger partial charge in [0.25, 0.3) is 0 Å². The van der Waals surface area contributed by atoms with E-state index in [9.17, 15) is 0 Å². The number of hydrogen-bond donors (Lipinski definition) is 0. The molecule has 0 saturated heterocycles. The van der Waals surface area contributed by atoms with Crippen molar-refractivity contribution in [3.05, 3.63) is 80.7 Å². The Morgan fingerprint density at radius 1 is 0.957 bits per heavy atom. The zero-order valence-electron chi connectivity index (χ0n) is 16.1. The summed E-state index contributed by atoms with van der Waals surface area (Å²) in [4.78, 5) is 0. The first-order valence-corrected chi connectivity index (χ1v) is 21.6. The fourth-order valence-electron chi connectivity index (χ4n) is 4.31. The summed E-state index contributed by atoms with van der Waals surface area (Å²) in [6, 6.07) is 18.4. The second-order valence-corrected chi connectivity index (χ2v) is 34.3. The van der Waals surface area contributed by atoms with Gasteiger partial charge in [-0.1, -0.05) is 0 Å². The molecule has 0 unspecified atom stereocenters. The Morgan fingerprint density at radius 2 is 1.52 bits per heavy atom. The van der Waals surface area contributed by atoms with Gasteiger partial charge in [-0.3, -0.25) is 0 Å². The molecule has 0 N–H and O–H groups in total. The summed E-state index contributed by atoms with van der Waals surface area (Å²) in [6.07, 6.45) is 6.03. The van der Waals surface area contributed by atoms with Gasteiger partial charge in [-0.15, -0.1) is 0 Å². The van der Waals surface area contributed by atoms with Crippen molar-refractivity contribution in [3.8, 4) is 11.1 Å². The Morgan fingerprint density at radius 3 is 2.00 bits per heavy atom. The molecule has 0 fully saturated rings. The molecule has 0 nitrogen and oxygen atoms in total. The zero-order valence-corrected chi connectivity index (χ0v) is 18.9. The molecule has 0 amide bonds. The van der Waals surface area contributed by atoms with Gasteiger partial charge in [0, 0.05) is 0 Å². The molecule has 0 aromatic heterocycles. The first-order chi connectivity index (χ1) is 11.2. The van der Waals surface area contributed by atoms with Crippen LogP contribution in [0.1, 0.15) is 31.0 Å². The van der Waals surface area contributed by atoms with Crippen LogP contribution in [-0.2, 0) is 20.6 Å². The van der Waals surface area contributed by atoms with Crippen molar-refractivity contribution < 1.29 is 23.5 Å². The fraction of sp³-hybridized carbons (Fsp3) is 0.238. The van der Waals surface area contributed by atoms with Gasteiger partial charge in [0.05, 0.1) is 0 Å². The first kappa shape index (κ1) is 15.5. The van der Waals surface area contributed by atoms with Crippen LogP contribution in [0.15, 0.2) is 69.6 Å². The van der Waals surface area contributed by atoms with Crippen LogP contribution in [0.2, 0.25) is 13.1 Å².